The van der Waals surface area contributed by atoms with E-state index in [-0.39, 0.29) is 153 Å². The second-order valence-corrected chi connectivity index (χ2v) is 25.6. The van der Waals surface area contributed by atoms with Crippen LogP contribution in [0.2, 0.25) is 0 Å². The van der Waals surface area contributed by atoms with Crippen LogP contribution in [0.5, 0.6) is 0 Å². The predicted molar refractivity (Wildman–Crippen MR) is 289 cm³/mol. The number of pyridine rings is 1. The zero-order valence-electron chi connectivity index (χ0n) is 49.5. The molecule has 21 nitrogen and oxygen atoms in total. The van der Waals surface area contributed by atoms with Crippen molar-refractivity contribution in [2.75, 3.05) is 10.3 Å². The van der Waals surface area contributed by atoms with Gasteiger partial charge in [0.2, 0.25) is 5.13 Å². The molecule has 0 amide bonds. The molecule has 0 bridgehead atoms. The Labute approximate surface area is 520 Å². The van der Waals surface area contributed by atoms with Crippen molar-refractivity contribution in [3.05, 3.63) is 110 Å². The summed E-state index contributed by atoms with van der Waals surface area (Å²) in [7, 11) is -18.8. The molecule has 6 N–H and O–H groups in total. The maximum atomic E-state index is 13.3. The predicted octanol–water partition coefficient (Wildman–Crippen LogP) is -2.18. The number of fused-ring (bicyclic) bond motifs is 2. The molecule has 4 heterocycles. The number of aromatic nitrogens is 3. The molecular formula is C48H55Li4N9O12S6. The molecule has 31 heteroatoms. The topological polar surface area (TPSA) is 332 Å². The van der Waals surface area contributed by atoms with E-state index in [1.165, 1.54) is 41.4 Å². The summed E-state index contributed by atoms with van der Waals surface area (Å²) in [5.41, 5.74) is 7.81. The van der Waals surface area contributed by atoms with E-state index in [4.69, 9.17) is 20.2 Å². The molecule has 4 atom stereocenters. The number of hydrogen-bond acceptors (Lipinski definition) is 19. The van der Waals surface area contributed by atoms with Crippen molar-refractivity contribution in [3.63, 3.8) is 0 Å². The van der Waals surface area contributed by atoms with Gasteiger partial charge in [-0.1, -0.05) is 51.2 Å². The molecule has 1 saturated heterocycles. The average Bonchev–Trinajstić information content (AvgIpc) is 4.04. The second kappa shape index (κ2) is 26.0. The molecule has 0 aliphatic carbocycles. The Balaban J connectivity index is 0.00000840. The minimum atomic E-state index is -4.84. The van der Waals surface area contributed by atoms with Crippen LogP contribution in [0.4, 0.5) is 22.3 Å². The van der Waals surface area contributed by atoms with Crippen LogP contribution in [0.25, 0.3) is 20.4 Å². The molecule has 3 aromatic heterocycles. The Morgan fingerprint density at radius 1 is 0.696 bits per heavy atom. The van der Waals surface area contributed by atoms with Gasteiger partial charge in [0.05, 0.1) is 47.9 Å². The molecule has 1 aliphatic rings. The maximum absolute atomic E-state index is 13.3. The van der Waals surface area contributed by atoms with Crippen LogP contribution in [0.15, 0.2) is 84.4 Å². The molecule has 0 saturated carbocycles. The van der Waals surface area contributed by atoms with Gasteiger partial charge in [-0.25, -0.2) is 20.4 Å². The number of hydrogen-bond donors (Lipinski definition) is 6. The molecule has 8 rings (SSSR count). The molecule has 1 fully saturated rings. The van der Waals surface area contributed by atoms with Gasteiger partial charge in [0.15, 0.2) is 12.0 Å². The number of nitrogens with zero attached hydrogens (tertiary/aromatic N) is 7. The first kappa shape index (κ1) is 68.0. The number of hydrazine groups is 1. The monoisotopic (exact) mass is 1170 g/mol. The van der Waals surface area contributed by atoms with Crippen LogP contribution >= 0.6 is 22.7 Å². The fourth-order valence-corrected chi connectivity index (χ4v) is 15.1. The number of nitriles is 1. The molecule has 404 valence electrons. The van der Waals surface area contributed by atoms with E-state index in [9.17, 15) is 57.1 Å². The van der Waals surface area contributed by atoms with Crippen molar-refractivity contribution in [2.24, 2.45) is 16.1 Å². The van der Waals surface area contributed by atoms with Crippen molar-refractivity contribution in [1.82, 2.24) is 20.4 Å². The van der Waals surface area contributed by atoms with E-state index in [1.807, 2.05) is 13.8 Å². The van der Waals surface area contributed by atoms with Gasteiger partial charge in [-0.15, -0.1) is 16.5 Å². The number of nitrogens with one attached hydrogen (secondary N) is 2. The van der Waals surface area contributed by atoms with Gasteiger partial charge in [-0.3, -0.25) is 23.2 Å². The van der Waals surface area contributed by atoms with Gasteiger partial charge < -0.3 is 11.0 Å². The summed E-state index contributed by atoms with van der Waals surface area (Å²) >= 11 is 2.14. The summed E-state index contributed by atoms with van der Waals surface area (Å²) in [5, 5.41) is 25.6. The third-order valence-corrected chi connectivity index (χ3v) is 19.0. The normalized spacial score (nSPS) is 16.2. The molecule has 0 spiro atoms. The standard InChI is InChI=1S/C48H51N9O12S6.4Li.4H/c1-9-27-17-24(6)43(74(64,65)66)31(11-3)39(27)40(47-51-34-15-13-29(72(58,59)60)20-37(34)70-47)36-19-23(5)41(45(50-36)53-42-28(10-2)18-25(7)44(32(42)12-4)75(67,68)69)54-55-46-33(22-49)26(8)56-57(46)48-52-35-16-14-30(73(61,62)63)21-38(35)71-48;;;;;;;;/h13-21,26,33,40,46,56H,9-12H2,1-8H3,(H,50,53)(H,58,59,60)(H,61,62,63)(H,64,65,66)(H,67,68,69);;;;;;;;/q;4*+1;4*-1. The third-order valence-electron chi connectivity index (χ3n) is 13.0. The van der Waals surface area contributed by atoms with Crippen LogP contribution in [0, 0.1) is 38.0 Å². The Morgan fingerprint density at radius 2 is 1.22 bits per heavy atom. The smallest absolute Gasteiger partial charge is 1.00 e. The summed E-state index contributed by atoms with van der Waals surface area (Å²) in [5.74, 6) is -1.92. The number of aryl methyl sites for hydroxylation is 5. The largest absolute Gasteiger partial charge is 1.00 e. The van der Waals surface area contributed by atoms with E-state index < -0.39 is 64.5 Å². The summed E-state index contributed by atoms with van der Waals surface area (Å²) < 4.78 is 143. The van der Waals surface area contributed by atoms with Gasteiger partial charge in [0, 0.05) is 11.7 Å². The first-order valence-corrected chi connectivity index (χ1v) is 30.7. The van der Waals surface area contributed by atoms with Gasteiger partial charge >= 0.3 is 75.4 Å². The third kappa shape index (κ3) is 13.6. The maximum Gasteiger partial charge on any atom is 1.00 e. The molecule has 79 heavy (non-hydrogen) atoms. The summed E-state index contributed by atoms with van der Waals surface area (Å²) in [4.78, 5) is 13.5. The number of thiazole rings is 2. The van der Waals surface area contributed by atoms with Crippen LogP contribution in [-0.2, 0) is 66.2 Å². The molecule has 0 radical (unpaired) electrons. The summed E-state index contributed by atoms with van der Waals surface area (Å²) in [6.07, 6.45) is -0.123. The van der Waals surface area contributed by atoms with Gasteiger partial charge in [-0.05, 0) is 140 Å². The van der Waals surface area contributed by atoms with Gasteiger partial charge in [-0.2, -0.15) is 44.0 Å². The van der Waals surface area contributed by atoms with E-state index >= 15 is 0 Å². The first-order valence-electron chi connectivity index (χ1n) is 23.3. The Bertz CT molecular complexity index is 4070. The van der Waals surface area contributed by atoms with E-state index in [1.54, 1.807) is 59.7 Å². The van der Waals surface area contributed by atoms with Crippen LogP contribution in [-0.4, -0.2) is 79.0 Å². The van der Waals surface area contributed by atoms with Crippen LogP contribution < -0.4 is 91.2 Å². The fourth-order valence-electron chi connectivity index (χ4n) is 9.71. The van der Waals surface area contributed by atoms with Crippen molar-refractivity contribution < 1.29 is 133 Å². The second-order valence-electron chi connectivity index (χ2n) is 17.9. The Hall–Kier alpha value is -3.51. The molecule has 1 aliphatic heterocycles. The quantitative estimate of drug-likeness (QED) is 0.0340. The van der Waals surface area contributed by atoms with E-state index in [2.05, 4.69) is 21.8 Å². The molecule has 7 aromatic rings. The average molecular weight is 1170 g/mol. The van der Waals surface area contributed by atoms with Crippen molar-refractivity contribution in [2.45, 2.75) is 119 Å². The minimum absolute atomic E-state index is 0. The number of azo groups is 1. The number of anilines is 3. The van der Waals surface area contributed by atoms with Crippen molar-refractivity contribution >= 4 is 106 Å². The zero-order valence-corrected chi connectivity index (χ0v) is 50.4. The number of benzene rings is 4. The SMILES string of the molecule is CCc1cc(C)c(S(=O)(=O)O)c(CC)c1Nc1nc(C(c2nc3ccc(S(=O)(=O)O)cc3s2)c2c(CC)cc(C)c(S(=O)(=O)O)c2CC)cc(C)c1N=NC1C(C#N)C(C)NN1c1nc2ccc(S(=O)(=O)O)cc2s1.[H-].[H-].[H-].[H-].[Li+].[Li+].[Li+].[Li+]. The summed E-state index contributed by atoms with van der Waals surface area (Å²) in [6, 6.07) is 14.6. The molecule has 4 aromatic carbocycles. The van der Waals surface area contributed by atoms with E-state index in [0.717, 1.165) is 22.7 Å². The van der Waals surface area contributed by atoms with Gasteiger partial charge in [0.25, 0.3) is 40.5 Å². The van der Waals surface area contributed by atoms with Gasteiger partial charge in [0.1, 0.15) is 26.4 Å². The zero-order chi connectivity index (χ0) is 54.9. The Morgan fingerprint density at radius 3 is 1.72 bits per heavy atom. The molecule has 4 unspecified atom stereocenters. The minimum Gasteiger partial charge on any atom is -1.00 e. The number of rotatable bonds is 16. The van der Waals surface area contributed by atoms with Crippen LogP contribution in [0.3, 0.4) is 0 Å². The van der Waals surface area contributed by atoms with Crippen LogP contribution in [0.1, 0.15) is 101 Å². The molecular weight excluding hydrogens is 1110 g/mol. The fraction of sp³-hybridized carbons (Fsp3) is 0.333. The first-order chi connectivity index (χ1) is 35.1. The summed E-state index contributed by atoms with van der Waals surface area (Å²) in [6.45, 7) is 13.8. The van der Waals surface area contributed by atoms with E-state index in [0.29, 0.717) is 71.7 Å². The van der Waals surface area contributed by atoms with Crippen molar-refractivity contribution in [3.8, 4) is 6.07 Å². The Kier molecular flexibility index (Phi) is 22.3. The van der Waals surface area contributed by atoms with Crippen molar-refractivity contribution in [1.29, 1.82) is 5.26 Å².